The summed E-state index contributed by atoms with van der Waals surface area (Å²) < 4.78 is 39.5. The third-order valence-electron chi connectivity index (χ3n) is 4.95. The number of hydrogen-bond acceptors (Lipinski definition) is 5. The van der Waals surface area contributed by atoms with Crippen LogP contribution in [0.25, 0.3) is 0 Å². The quantitative estimate of drug-likeness (QED) is 0.417. The molecule has 2 aromatic rings. The molecule has 7 nitrogen and oxygen atoms in total. The molecule has 2 atom stereocenters. The van der Waals surface area contributed by atoms with Crippen LogP contribution in [0.5, 0.6) is 11.5 Å². The van der Waals surface area contributed by atoms with Crippen LogP contribution in [0.3, 0.4) is 0 Å². The molecular formula is C20H25FNO6P. The van der Waals surface area contributed by atoms with Crippen LogP contribution in [0.2, 0.25) is 0 Å². The fraction of sp³-hybridized carbons (Fsp3) is 0.400. The van der Waals surface area contributed by atoms with Crippen molar-refractivity contribution in [2.75, 3.05) is 19.8 Å². The molecule has 0 heterocycles. The third kappa shape index (κ3) is 6.80. The van der Waals surface area contributed by atoms with Crippen LogP contribution in [0.4, 0.5) is 4.39 Å². The van der Waals surface area contributed by atoms with Crippen molar-refractivity contribution in [2.24, 2.45) is 5.73 Å². The van der Waals surface area contributed by atoms with Gasteiger partial charge in [-0.1, -0.05) is 12.1 Å². The number of hydrogen-bond donors (Lipinski definition) is 3. The second-order valence-electron chi connectivity index (χ2n) is 7.29. The van der Waals surface area contributed by atoms with E-state index < -0.39 is 13.4 Å². The van der Waals surface area contributed by atoms with Gasteiger partial charge >= 0.3 is 7.82 Å². The number of halogens is 1. The van der Waals surface area contributed by atoms with Gasteiger partial charge in [-0.3, -0.25) is 4.52 Å². The first kappa shape index (κ1) is 21.7. The first-order valence-corrected chi connectivity index (χ1v) is 10.9. The van der Waals surface area contributed by atoms with Crippen LogP contribution in [-0.2, 0) is 9.09 Å². The van der Waals surface area contributed by atoms with Gasteiger partial charge in [-0.15, -0.1) is 0 Å². The molecule has 4 N–H and O–H groups in total. The van der Waals surface area contributed by atoms with E-state index in [4.69, 9.17) is 25.0 Å². The van der Waals surface area contributed by atoms with E-state index >= 15 is 0 Å². The van der Waals surface area contributed by atoms with Crippen molar-refractivity contribution in [1.82, 2.24) is 0 Å². The molecule has 0 bridgehead atoms. The molecule has 0 unspecified atom stereocenters. The minimum absolute atomic E-state index is 0.164. The second-order valence-corrected chi connectivity index (χ2v) is 8.53. The normalized spacial score (nSPS) is 21.9. The Morgan fingerprint density at radius 3 is 2.14 bits per heavy atom. The molecule has 0 spiro atoms. The van der Waals surface area contributed by atoms with E-state index in [1.807, 2.05) is 24.3 Å². The molecule has 0 radical (unpaired) electrons. The summed E-state index contributed by atoms with van der Waals surface area (Å²) in [6.45, 7) is 0.528. The van der Waals surface area contributed by atoms with Crippen molar-refractivity contribution >= 4 is 7.82 Å². The summed E-state index contributed by atoms with van der Waals surface area (Å²) in [6.07, 6.45) is 2.06. The lowest BCUT2D eigenvalue weighted by molar-refractivity contribution is 0.153. The Bertz CT molecular complexity index is 841. The largest absolute Gasteiger partial charge is 0.490 e. The number of benzene rings is 2. The average Bonchev–Trinajstić information content (AvgIpc) is 3.08. The molecule has 1 aliphatic carbocycles. The van der Waals surface area contributed by atoms with Gasteiger partial charge in [0.15, 0.2) is 0 Å². The second kappa shape index (κ2) is 9.24. The van der Waals surface area contributed by atoms with Gasteiger partial charge in [-0.25, -0.2) is 8.96 Å². The van der Waals surface area contributed by atoms with Crippen LogP contribution >= 0.6 is 7.82 Å². The summed E-state index contributed by atoms with van der Waals surface area (Å²) in [5.41, 5.74) is 6.60. The lowest BCUT2D eigenvalue weighted by Crippen LogP contribution is -2.41. The highest BCUT2D eigenvalue weighted by Gasteiger charge is 2.38. The van der Waals surface area contributed by atoms with Crippen molar-refractivity contribution in [3.05, 3.63) is 59.9 Å². The number of rotatable bonds is 9. The summed E-state index contributed by atoms with van der Waals surface area (Å²) in [5.74, 6) is 1.19. The molecule has 158 valence electrons. The van der Waals surface area contributed by atoms with Crippen LogP contribution in [0.15, 0.2) is 48.5 Å². The molecule has 9 heteroatoms. The van der Waals surface area contributed by atoms with Gasteiger partial charge in [0, 0.05) is 5.54 Å². The van der Waals surface area contributed by atoms with Gasteiger partial charge < -0.3 is 25.0 Å². The highest BCUT2D eigenvalue weighted by atomic mass is 31.2. The fourth-order valence-electron chi connectivity index (χ4n) is 3.47. The predicted octanol–water partition coefficient (Wildman–Crippen LogP) is 3.36. The molecule has 0 amide bonds. The average molecular weight is 425 g/mol. The summed E-state index contributed by atoms with van der Waals surface area (Å²) in [4.78, 5) is 17.7. The van der Waals surface area contributed by atoms with E-state index in [1.165, 1.54) is 12.1 Å². The lowest BCUT2D eigenvalue weighted by atomic mass is 9.94. The maximum absolute atomic E-state index is 12.8. The van der Waals surface area contributed by atoms with Crippen LogP contribution in [0.1, 0.15) is 30.7 Å². The first-order chi connectivity index (χ1) is 13.7. The number of ether oxygens (including phenoxy) is 2. The van der Waals surface area contributed by atoms with E-state index in [9.17, 15) is 8.96 Å². The Morgan fingerprint density at radius 1 is 1.03 bits per heavy atom. The van der Waals surface area contributed by atoms with Crippen molar-refractivity contribution in [2.45, 2.75) is 30.7 Å². The van der Waals surface area contributed by atoms with Gasteiger partial charge in [0.2, 0.25) is 0 Å². The molecule has 3 rings (SSSR count). The fourth-order valence-corrected chi connectivity index (χ4v) is 3.90. The zero-order valence-corrected chi connectivity index (χ0v) is 16.8. The highest BCUT2D eigenvalue weighted by Crippen LogP contribution is 2.43. The maximum Gasteiger partial charge on any atom is 0.469 e. The Labute approximate surface area is 168 Å². The van der Waals surface area contributed by atoms with Gasteiger partial charge in [-0.2, -0.15) is 0 Å². The molecule has 1 aliphatic rings. The van der Waals surface area contributed by atoms with Crippen LogP contribution < -0.4 is 15.2 Å². The number of phosphoric ester groups is 1. The Morgan fingerprint density at radius 2 is 1.59 bits per heavy atom. The Balaban J connectivity index is 1.44. The monoisotopic (exact) mass is 425 g/mol. The van der Waals surface area contributed by atoms with E-state index in [2.05, 4.69) is 4.52 Å². The standard InChI is InChI=1S/C20H25FNO6P/c21-17-3-7-19(8-4-17)27-12-11-26-18-5-1-15(2-6-18)16-9-10-20(22,13-16)14-28-29(23,24)25/h1-8,16H,9-14,22H2,(H2,23,24,25)/t16-,20-/m1/s1. The summed E-state index contributed by atoms with van der Waals surface area (Å²) in [6, 6.07) is 13.5. The minimum atomic E-state index is -4.52. The summed E-state index contributed by atoms with van der Waals surface area (Å²) >= 11 is 0. The molecule has 29 heavy (non-hydrogen) atoms. The molecule has 2 aromatic carbocycles. The van der Waals surface area contributed by atoms with E-state index in [-0.39, 0.29) is 18.3 Å². The predicted molar refractivity (Wildman–Crippen MR) is 105 cm³/mol. The summed E-state index contributed by atoms with van der Waals surface area (Å²) in [5, 5.41) is 0. The maximum atomic E-state index is 12.8. The van der Waals surface area contributed by atoms with Gasteiger partial charge in [-0.05, 0) is 67.1 Å². The SMILES string of the molecule is N[C@]1(COP(=O)(O)O)CC[C@@H](c2ccc(OCCOc3ccc(F)cc3)cc2)C1. The smallest absolute Gasteiger partial charge is 0.469 e. The first-order valence-electron chi connectivity index (χ1n) is 9.33. The molecule has 1 saturated carbocycles. The topological polar surface area (TPSA) is 111 Å². The van der Waals surface area contributed by atoms with Gasteiger partial charge in [0.1, 0.15) is 30.5 Å². The van der Waals surface area contributed by atoms with Crippen molar-refractivity contribution in [3.63, 3.8) is 0 Å². The molecule has 0 aromatic heterocycles. The number of nitrogens with two attached hydrogens (primary N) is 1. The van der Waals surface area contributed by atoms with E-state index in [1.54, 1.807) is 12.1 Å². The zero-order valence-electron chi connectivity index (χ0n) is 15.9. The van der Waals surface area contributed by atoms with Crippen molar-refractivity contribution in [1.29, 1.82) is 0 Å². The Kier molecular flexibility index (Phi) is 6.93. The molecule has 0 aliphatic heterocycles. The molecule has 0 saturated heterocycles. The zero-order chi connectivity index (χ0) is 20.9. The minimum Gasteiger partial charge on any atom is -0.490 e. The van der Waals surface area contributed by atoms with Gasteiger partial charge in [0.25, 0.3) is 0 Å². The Hall–Kier alpha value is -1.96. The van der Waals surface area contributed by atoms with Crippen molar-refractivity contribution in [3.8, 4) is 11.5 Å². The van der Waals surface area contributed by atoms with Crippen molar-refractivity contribution < 1.29 is 32.7 Å². The lowest BCUT2D eigenvalue weighted by Gasteiger charge is -2.24. The van der Waals surface area contributed by atoms with Crippen LogP contribution in [-0.4, -0.2) is 35.1 Å². The third-order valence-corrected chi connectivity index (χ3v) is 5.42. The number of phosphoric acid groups is 1. The summed E-state index contributed by atoms with van der Waals surface area (Å²) in [7, 11) is -4.52. The van der Waals surface area contributed by atoms with Gasteiger partial charge in [0.05, 0.1) is 6.61 Å². The molecular weight excluding hydrogens is 400 g/mol. The highest BCUT2D eigenvalue weighted by molar-refractivity contribution is 7.46. The van der Waals surface area contributed by atoms with E-state index in [0.29, 0.717) is 37.6 Å². The van der Waals surface area contributed by atoms with E-state index in [0.717, 1.165) is 12.0 Å². The van der Waals surface area contributed by atoms with Crippen LogP contribution in [0, 0.1) is 5.82 Å². The molecule has 1 fully saturated rings.